The fraction of sp³-hybridized carbons (Fsp3) is 0.0714. The van der Waals surface area contributed by atoms with E-state index in [2.05, 4.69) is 19.4 Å². The monoisotopic (exact) mass is 338 g/mol. The summed E-state index contributed by atoms with van der Waals surface area (Å²) in [7, 11) is 0. The van der Waals surface area contributed by atoms with Gasteiger partial charge < -0.3 is 10.6 Å². The minimum Gasteiger partial charge on any atom is -0.308 e. The van der Waals surface area contributed by atoms with Gasteiger partial charge in [-0.05, 0) is 30.3 Å². The molecule has 0 aliphatic rings. The first-order valence-corrected chi connectivity index (χ1v) is 7.13. The number of halogens is 3. The van der Waals surface area contributed by atoms with E-state index in [9.17, 15) is 18.0 Å². The topological polar surface area (TPSA) is 66.9 Å². The van der Waals surface area contributed by atoms with Crippen molar-refractivity contribution in [2.45, 2.75) is 6.18 Å². The van der Waals surface area contributed by atoms with Gasteiger partial charge in [0, 0.05) is 5.69 Å². The molecule has 1 aromatic heterocycles. The Morgan fingerprint density at radius 3 is 2.61 bits per heavy atom. The molecule has 0 unspecified atom stereocenters. The van der Waals surface area contributed by atoms with Crippen LogP contribution in [-0.4, -0.2) is 14.8 Å². The number of benzene rings is 2. The van der Waals surface area contributed by atoms with Crippen molar-refractivity contribution in [1.82, 2.24) is 8.75 Å². The Kier molecular flexibility index (Phi) is 3.87. The van der Waals surface area contributed by atoms with E-state index >= 15 is 0 Å². The Labute approximate surface area is 132 Å². The van der Waals surface area contributed by atoms with E-state index in [1.807, 2.05) is 0 Å². The second-order valence-corrected chi connectivity index (χ2v) is 5.12. The van der Waals surface area contributed by atoms with Gasteiger partial charge in [0.15, 0.2) is 0 Å². The van der Waals surface area contributed by atoms with Crippen LogP contribution in [0.1, 0.15) is 5.56 Å². The molecule has 2 amide bonds. The minimum absolute atomic E-state index is 0.0425. The zero-order valence-electron chi connectivity index (χ0n) is 11.4. The van der Waals surface area contributed by atoms with Crippen LogP contribution in [0.15, 0.2) is 42.5 Å². The Morgan fingerprint density at radius 2 is 1.83 bits per heavy atom. The number of nitrogens with one attached hydrogen (secondary N) is 2. The van der Waals surface area contributed by atoms with Crippen LogP contribution in [0.3, 0.4) is 0 Å². The molecule has 2 N–H and O–H groups in total. The number of alkyl halides is 3. The highest BCUT2D eigenvalue weighted by molar-refractivity contribution is 7.00. The predicted octanol–water partition coefficient (Wildman–Crippen LogP) is 4.35. The molecule has 0 aliphatic heterocycles. The van der Waals surface area contributed by atoms with Gasteiger partial charge in [0.25, 0.3) is 0 Å². The van der Waals surface area contributed by atoms with Gasteiger partial charge in [-0.2, -0.15) is 21.9 Å². The number of rotatable bonds is 2. The lowest BCUT2D eigenvalue weighted by Gasteiger charge is -2.11. The van der Waals surface area contributed by atoms with Gasteiger partial charge in [0.1, 0.15) is 11.0 Å². The first kappa shape index (κ1) is 15.2. The molecule has 2 aromatic carbocycles. The van der Waals surface area contributed by atoms with E-state index in [-0.39, 0.29) is 5.69 Å². The Morgan fingerprint density at radius 1 is 1.04 bits per heavy atom. The summed E-state index contributed by atoms with van der Waals surface area (Å²) in [5.74, 6) is 0. The molecule has 3 rings (SSSR count). The highest BCUT2D eigenvalue weighted by Crippen LogP contribution is 2.30. The first-order chi connectivity index (χ1) is 10.9. The average Bonchev–Trinajstić information content (AvgIpc) is 2.96. The molecular formula is C14H9F3N4OS. The molecule has 0 radical (unpaired) electrons. The van der Waals surface area contributed by atoms with Crippen LogP contribution in [-0.2, 0) is 6.18 Å². The lowest BCUT2D eigenvalue weighted by molar-refractivity contribution is -0.137. The molecule has 0 fully saturated rings. The van der Waals surface area contributed by atoms with Crippen molar-refractivity contribution in [3.8, 4) is 0 Å². The van der Waals surface area contributed by atoms with Crippen LogP contribution >= 0.6 is 11.7 Å². The second-order valence-electron chi connectivity index (χ2n) is 4.60. The van der Waals surface area contributed by atoms with Crippen molar-refractivity contribution in [2.24, 2.45) is 0 Å². The van der Waals surface area contributed by atoms with E-state index in [1.54, 1.807) is 18.2 Å². The smallest absolute Gasteiger partial charge is 0.308 e. The third-order valence-corrected chi connectivity index (χ3v) is 3.52. The van der Waals surface area contributed by atoms with Gasteiger partial charge >= 0.3 is 12.2 Å². The van der Waals surface area contributed by atoms with E-state index in [0.717, 1.165) is 23.9 Å². The average molecular weight is 338 g/mol. The van der Waals surface area contributed by atoms with Crippen molar-refractivity contribution in [3.05, 3.63) is 48.0 Å². The Balaban J connectivity index is 1.76. The lowest BCUT2D eigenvalue weighted by Crippen LogP contribution is -2.20. The summed E-state index contributed by atoms with van der Waals surface area (Å²) in [5.41, 5.74) is 0.797. The number of anilines is 2. The second kappa shape index (κ2) is 5.84. The van der Waals surface area contributed by atoms with E-state index in [1.165, 1.54) is 12.1 Å². The summed E-state index contributed by atoms with van der Waals surface area (Å²) in [6.45, 7) is 0. The van der Waals surface area contributed by atoms with Crippen LogP contribution in [0.4, 0.5) is 29.3 Å². The standard InChI is InChI=1S/C14H9F3N4OS/c15-14(16,17)8-3-1-4-9(7-8)18-13(22)19-10-5-2-6-11-12(10)21-23-20-11/h1-7H,(H2,18,19,22). The fourth-order valence-corrected chi connectivity index (χ4v) is 2.51. The van der Waals surface area contributed by atoms with Crippen LogP contribution in [0, 0.1) is 0 Å². The maximum atomic E-state index is 12.6. The summed E-state index contributed by atoms with van der Waals surface area (Å²) in [6, 6.07) is 8.82. The number of hydrogen-bond donors (Lipinski definition) is 2. The molecule has 0 saturated heterocycles. The number of nitrogens with zero attached hydrogens (tertiary/aromatic N) is 2. The fourth-order valence-electron chi connectivity index (χ4n) is 1.96. The van der Waals surface area contributed by atoms with Crippen molar-refractivity contribution < 1.29 is 18.0 Å². The van der Waals surface area contributed by atoms with Crippen LogP contribution < -0.4 is 10.6 Å². The SMILES string of the molecule is O=C(Nc1cccc(C(F)(F)F)c1)Nc1cccc2nsnc12. The van der Waals surface area contributed by atoms with Gasteiger partial charge in [-0.1, -0.05) is 12.1 Å². The Hall–Kier alpha value is -2.68. The van der Waals surface area contributed by atoms with E-state index in [4.69, 9.17) is 0 Å². The Bertz CT molecular complexity index is 862. The summed E-state index contributed by atoms with van der Waals surface area (Å²) < 4.78 is 46.1. The zero-order valence-corrected chi connectivity index (χ0v) is 12.2. The predicted molar refractivity (Wildman–Crippen MR) is 81.5 cm³/mol. The van der Waals surface area contributed by atoms with E-state index < -0.39 is 17.8 Å². The third kappa shape index (κ3) is 3.39. The van der Waals surface area contributed by atoms with Crippen LogP contribution in [0.5, 0.6) is 0 Å². The van der Waals surface area contributed by atoms with Crippen molar-refractivity contribution >= 4 is 40.2 Å². The highest BCUT2D eigenvalue weighted by Gasteiger charge is 2.30. The quantitative estimate of drug-likeness (QED) is 0.730. The molecule has 0 saturated carbocycles. The maximum Gasteiger partial charge on any atom is 0.416 e. The normalized spacial score (nSPS) is 11.4. The molecule has 118 valence electrons. The number of amides is 2. The maximum absolute atomic E-state index is 12.6. The summed E-state index contributed by atoms with van der Waals surface area (Å²) in [4.78, 5) is 12.0. The number of urea groups is 1. The van der Waals surface area contributed by atoms with Gasteiger partial charge in [-0.15, -0.1) is 0 Å². The molecule has 3 aromatic rings. The number of carbonyl (C=O) groups excluding carboxylic acids is 1. The van der Waals surface area contributed by atoms with E-state index in [0.29, 0.717) is 16.7 Å². The molecule has 0 atom stereocenters. The van der Waals surface area contributed by atoms with Crippen molar-refractivity contribution in [3.63, 3.8) is 0 Å². The summed E-state index contributed by atoms with van der Waals surface area (Å²) >= 11 is 1.01. The first-order valence-electron chi connectivity index (χ1n) is 6.40. The molecule has 9 heteroatoms. The van der Waals surface area contributed by atoms with Gasteiger partial charge in [-0.25, -0.2) is 4.79 Å². The molecular weight excluding hydrogens is 329 g/mol. The largest absolute Gasteiger partial charge is 0.416 e. The molecule has 0 aliphatic carbocycles. The molecule has 1 heterocycles. The van der Waals surface area contributed by atoms with Gasteiger partial charge in [0.2, 0.25) is 0 Å². The third-order valence-electron chi connectivity index (χ3n) is 2.98. The number of hydrogen-bond acceptors (Lipinski definition) is 4. The highest BCUT2D eigenvalue weighted by atomic mass is 32.1. The van der Waals surface area contributed by atoms with Crippen LogP contribution in [0.2, 0.25) is 0 Å². The number of fused-ring (bicyclic) bond motifs is 1. The van der Waals surface area contributed by atoms with Crippen molar-refractivity contribution in [1.29, 1.82) is 0 Å². The summed E-state index contributed by atoms with van der Waals surface area (Å²) in [5, 5.41) is 4.92. The lowest BCUT2D eigenvalue weighted by atomic mass is 10.2. The number of aromatic nitrogens is 2. The molecule has 23 heavy (non-hydrogen) atoms. The molecule has 0 spiro atoms. The van der Waals surface area contributed by atoms with Gasteiger partial charge in [-0.3, -0.25) is 0 Å². The molecule has 0 bridgehead atoms. The minimum atomic E-state index is -4.47. The zero-order chi connectivity index (χ0) is 16.4. The van der Waals surface area contributed by atoms with Crippen LogP contribution in [0.25, 0.3) is 11.0 Å². The van der Waals surface area contributed by atoms with Crippen molar-refractivity contribution in [2.75, 3.05) is 10.6 Å². The molecule has 5 nitrogen and oxygen atoms in total. The number of carbonyl (C=O) groups is 1. The summed E-state index contributed by atoms with van der Waals surface area (Å²) in [6.07, 6.45) is -4.47. The van der Waals surface area contributed by atoms with Gasteiger partial charge in [0.05, 0.1) is 23.0 Å².